The van der Waals surface area contributed by atoms with Crippen LogP contribution in [0.25, 0.3) is 0 Å². The highest BCUT2D eigenvalue weighted by atomic mass is 32.2. The minimum atomic E-state index is -0.600. The van der Waals surface area contributed by atoms with Gasteiger partial charge in [-0.25, -0.2) is 4.79 Å². The summed E-state index contributed by atoms with van der Waals surface area (Å²) in [5.41, 5.74) is -0.151. The molecule has 0 saturated carbocycles. The quantitative estimate of drug-likeness (QED) is 0.804. The molecule has 5 nitrogen and oxygen atoms in total. The van der Waals surface area contributed by atoms with E-state index in [-0.39, 0.29) is 11.5 Å². The minimum Gasteiger partial charge on any atom is -0.444 e. The Kier molecular flexibility index (Phi) is 7.32. The van der Waals surface area contributed by atoms with E-state index >= 15 is 0 Å². The molecule has 0 radical (unpaired) electrons. The number of ether oxygens (including phenoxy) is 1. The molecule has 2 aliphatic heterocycles. The van der Waals surface area contributed by atoms with Crippen molar-refractivity contribution in [2.75, 3.05) is 31.1 Å². The van der Waals surface area contributed by atoms with Gasteiger partial charge >= 0.3 is 6.09 Å². The molecule has 25 heavy (non-hydrogen) atoms. The third-order valence-electron chi connectivity index (χ3n) is 5.41. The number of carbonyl (C=O) groups is 1. The van der Waals surface area contributed by atoms with E-state index in [2.05, 4.69) is 12.2 Å². The van der Waals surface area contributed by atoms with E-state index in [9.17, 15) is 9.00 Å². The third kappa shape index (κ3) is 6.55. The summed E-state index contributed by atoms with van der Waals surface area (Å²) in [6.45, 7) is 10.6. The molecule has 0 aromatic rings. The standard InChI is InChI=1S/C19H36N2O3S/c1-5-8-19(15-20-16-6-13-25(23)14-7-16)9-11-21(12-10-19)17(22)24-18(2,3)4/h16,20H,5-15H2,1-4H3. The molecule has 146 valence electrons. The number of hydrogen-bond donors (Lipinski definition) is 1. The molecule has 0 aromatic carbocycles. The Labute approximate surface area is 155 Å². The van der Waals surface area contributed by atoms with E-state index in [1.165, 1.54) is 12.8 Å². The maximum atomic E-state index is 12.3. The van der Waals surface area contributed by atoms with Crippen LogP contribution < -0.4 is 5.32 Å². The highest BCUT2D eigenvalue weighted by Gasteiger charge is 2.36. The Balaban J connectivity index is 1.85. The van der Waals surface area contributed by atoms with Crippen LogP contribution in [-0.2, 0) is 15.5 Å². The molecule has 2 rings (SSSR count). The molecule has 1 amide bonds. The lowest BCUT2D eigenvalue weighted by Crippen LogP contribution is -2.50. The number of rotatable bonds is 5. The highest BCUT2D eigenvalue weighted by Crippen LogP contribution is 2.36. The number of likely N-dealkylation sites (tertiary alicyclic amines) is 1. The van der Waals surface area contributed by atoms with Crippen LogP contribution in [0.5, 0.6) is 0 Å². The molecule has 0 atom stereocenters. The predicted molar refractivity (Wildman–Crippen MR) is 103 cm³/mol. The Bertz CT molecular complexity index is 458. The third-order valence-corrected chi connectivity index (χ3v) is 6.79. The van der Waals surface area contributed by atoms with Gasteiger partial charge in [0, 0.05) is 48.0 Å². The zero-order valence-corrected chi connectivity index (χ0v) is 17.3. The second-order valence-corrected chi connectivity index (χ2v) is 10.4. The first kappa shape index (κ1) is 20.7. The molecule has 0 bridgehead atoms. The van der Waals surface area contributed by atoms with Gasteiger partial charge in [-0.2, -0.15) is 0 Å². The van der Waals surface area contributed by atoms with Crippen LogP contribution in [0.1, 0.15) is 66.2 Å². The van der Waals surface area contributed by atoms with Crippen LogP contribution in [0, 0.1) is 5.41 Å². The Morgan fingerprint density at radius 3 is 2.36 bits per heavy atom. The SMILES string of the molecule is CCCC1(CNC2CCS(=O)CC2)CCN(C(=O)OC(C)(C)C)CC1. The van der Waals surface area contributed by atoms with Gasteiger partial charge in [0.1, 0.15) is 5.60 Å². The van der Waals surface area contributed by atoms with Gasteiger partial charge in [-0.1, -0.05) is 13.3 Å². The van der Waals surface area contributed by atoms with Crippen LogP contribution in [0.4, 0.5) is 4.79 Å². The number of nitrogens with one attached hydrogen (secondary N) is 1. The smallest absolute Gasteiger partial charge is 0.410 e. The van der Waals surface area contributed by atoms with E-state index in [1.54, 1.807) is 0 Å². The van der Waals surface area contributed by atoms with E-state index in [1.807, 2.05) is 25.7 Å². The van der Waals surface area contributed by atoms with Crippen molar-refractivity contribution in [3.8, 4) is 0 Å². The molecule has 0 unspecified atom stereocenters. The van der Waals surface area contributed by atoms with E-state index < -0.39 is 16.4 Å². The summed E-state index contributed by atoms with van der Waals surface area (Å²) in [6, 6.07) is 0.510. The maximum absolute atomic E-state index is 12.3. The summed E-state index contributed by atoms with van der Waals surface area (Å²) in [6.07, 6.45) is 6.30. The fraction of sp³-hybridized carbons (Fsp3) is 0.947. The number of amides is 1. The van der Waals surface area contributed by atoms with Crippen molar-refractivity contribution in [3.05, 3.63) is 0 Å². The molecule has 6 heteroatoms. The molecular formula is C19H36N2O3S. The molecule has 2 fully saturated rings. The van der Waals surface area contributed by atoms with Gasteiger partial charge in [-0.15, -0.1) is 0 Å². The van der Waals surface area contributed by atoms with Crippen LogP contribution in [0.3, 0.4) is 0 Å². The number of nitrogens with zero attached hydrogens (tertiary/aromatic N) is 1. The molecule has 2 saturated heterocycles. The fourth-order valence-corrected chi connectivity index (χ4v) is 5.19. The van der Waals surface area contributed by atoms with Gasteiger partial charge in [-0.05, 0) is 58.3 Å². The summed E-state index contributed by atoms with van der Waals surface area (Å²) in [5, 5.41) is 3.75. The van der Waals surface area contributed by atoms with Crippen molar-refractivity contribution in [2.45, 2.75) is 77.9 Å². The second kappa shape index (κ2) is 8.85. The van der Waals surface area contributed by atoms with E-state index in [0.29, 0.717) is 6.04 Å². The molecule has 0 spiro atoms. The Hall–Kier alpha value is -0.620. The van der Waals surface area contributed by atoms with Gasteiger partial charge < -0.3 is 15.0 Å². The lowest BCUT2D eigenvalue weighted by molar-refractivity contribution is 0.00842. The van der Waals surface area contributed by atoms with Gasteiger partial charge in [0.05, 0.1) is 0 Å². The van der Waals surface area contributed by atoms with Crippen LogP contribution in [0.15, 0.2) is 0 Å². The average Bonchev–Trinajstić information content (AvgIpc) is 2.54. The monoisotopic (exact) mass is 372 g/mol. The average molecular weight is 373 g/mol. The van der Waals surface area contributed by atoms with Crippen molar-refractivity contribution in [1.82, 2.24) is 10.2 Å². The molecule has 0 aliphatic carbocycles. The first-order chi connectivity index (χ1) is 11.7. The zero-order chi connectivity index (χ0) is 18.5. The van der Waals surface area contributed by atoms with Gasteiger partial charge in [0.15, 0.2) is 0 Å². The van der Waals surface area contributed by atoms with Crippen LogP contribution >= 0.6 is 0 Å². The number of carbonyl (C=O) groups excluding carboxylic acids is 1. The molecule has 1 N–H and O–H groups in total. The largest absolute Gasteiger partial charge is 0.444 e. The van der Waals surface area contributed by atoms with Gasteiger partial charge in [0.2, 0.25) is 0 Å². The number of piperidine rings is 1. The first-order valence-corrected chi connectivity index (χ1v) is 11.3. The van der Waals surface area contributed by atoms with E-state index in [4.69, 9.17) is 4.74 Å². The molecule has 2 aliphatic rings. The van der Waals surface area contributed by atoms with Crippen LogP contribution in [0.2, 0.25) is 0 Å². The Morgan fingerprint density at radius 1 is 1.24 bits per heavy atom. The van der Waals surface area contributed by atoms with Gasteiger partial charge in [-0.3, -0.25) is 4.21 Å². The normalized spacial score (nSPS) is 27.1. The molecular weight excluding hydrogens is 336 g/mol. The van der Waals surface area contributed by atoms with Crippen molar-refractivity contribution in [2.24, 2.45) is 5.41 Å². The lowest BCUT2D eigenvalue weighted by atomic mass is 9.74. The molecule has 0 aromatic heterocycles. The summed E-state index contributed by atoms with van der Waals surface area (Å²) >= 11 is 0. The van der Waals surface area contributed by atoms with Crippen LogP contribution in [-0.4, -0.2) is 58.0 Å². The van der Waals surface area contributed by atoms with Crippen molar-refractivity contribution >= 4 is 16.9 Å². The minimum absolute atomic E-state index is 0.180. The van der Waals surface area contributed by atoms with E-state index in [0.717, 1.165) is 56.8 Å². The van der Waals surface area contributed by atoms with Crippen molar-refractivity contribution in [1.29, 1.82) is 0 Å². The summed E-state index contributed by atoms with van der Waals surface area (Å²) < 4.78 is 17.0. The summed E-state index contributed by atoms with van der Waals surface area (Å²) in [4.78, 5) is 14.1. The van der Waals surface area contributed by atoms with Gasteiger partial charge in [0.25, 0.3) is 0 Å². The fourth-order valence-electron chi connectivity index (χ4n) is 3.89. The topological polar surface area (TPSA) is 58.6 Å². The molecule has 2 heterocycles. The maximum Gasteiger partial charge on any atom is 0.410 e. The first-order valence-electron chi connectivity index (χ1n) is 9.79. The Morgan fingerprint density at radius 2 is 1.84 bits per heavy atom. The zero-order valence-electron chi connectivity index (χ0n) is 16.4. The lowest BCUT2D eigenvalue weighted by Gasteiger charge is -2.43. The van der Waals surface area contributed by atoms with Crippen molar-refractivity contribution < 1.29 is 13.7 Å². The highest BCUT2D eigenvalue weighted by molar-refractivity contribution is 7.85. The predicted octanol–water partition coefficient (Wildman–Crippen LogP) is 3.30. The number of hydrogen-bond acceptors (Lipinski definition) is 4. The summed E-state index contributed by atoms with van der Waals surface area (Å²) in [7, 11) is -0.600. The second-order valence-electron chi connectivity index (χ2n) is 8.72. The summed E-state index contributed by atoms with van der Waals surface area (Å²) in [5.74, 6) is 1.68. The van der Waals surface area contributed by atoms with Crippen molar-refractivity contribution in [3.63, 3.8) is 0 Å².